The molecular formula is C11H15BO3. The Kier molecular flexibility index (Phi) is 4.06. The molecule has 0 bridgehead atoms. The van der Waals surface area contributed by atoms with E-state index in [-0.39, 0.29) is 11.7 Å². The molecule has 80 valence electrons. The van der Waals surface area contributed by atoms with Gasteiger partial charge in [0.2, 0.25) is 0 Å². The Morgan fingerprint density at radius 2 is 2.07 bits per heavy atom. The van der Waals surface area contributed by atoms with E-state index >= 15 is 0 Å². The Morgan fingerprint density at radius 1 is 1.40 bits per heavy atom. The first kappa shape index (κ1) is 11.9. The van der Waals surface area contributed by atoms with Gasteiger partial charge in [0.1, 0.15) is 5.78 Å². The first-order valence-corrected chi connectivity index (χ1v) is 4.98. The second-order valence-electron chi connectivity index (χ2n) is 3.92. The summed E-state index contributed by atoms with van der Waals surface area (Å²) in [5.74, 6) is 0.160. The molecule has 4 heteroatoms. The van der Waals surface area contributed by atoms with Gasteiger partial charge >= 0.3 is 7.12 Å². The maximum atomic E-state index is 11.5. The van der Waals surface area contributed by atoms with Crippen LogP contribution >= 0.6 is 0 Å². The molecule has 0 aliphatic carbocycles. The van der Waals surface area contributed by atoms with Crippen LogP contribution in [0.1, 0.15) is 19.4 Å². The first-order valence-electron chi connectivity index (χ1n) is 4.98. The number of rotatable bonds is 4. The smallest absolute Gasteiger partial charge is 0.423 e. The third-order valence-corrected chi connectivity index (χ3v) is 2.27. The largest absolute Gasteiger partial charge is 0.488 e. The van der Waals surface area contributed by atoms with Crippen molar-refractivity contribution in [3.05, 3.63) is 29.8 Å². The van der Waals surface area contributed by atoms with Gasteiger partial charge in [-0.2, -0.15) is 0 Å². The molecule has 1 aromatic rings. The Hall–Kier alpha value is -1.13. The number of hydrogen-bond acceptors (Lipinski definition) is 3. The van der Waals surface area contributed by atoms with Crippen LogP contribution in [0, 0.1) is 5.92 Å². The zero-order valence-electron chi connectivity index (χ0n) is 8.97. The minimum absolute atomic E-state index is 0.00714. The fourth-order valence-electron chi connectivity index (χ4n) is 1.27. The fraction of sp³-hybridized carbons (Fsp3) is 0.364. The summed E-state index contributed by atoms with van der Waals surface area (Å²) in [6.07, 6.45) is 0.345. The quantitative estimate of drug-likeness (QED) is 0.688. The number of carbonyl (C=O) groups excluding carboxylic acids is 1. The molecule has 0 saturated heterocycles. The lowest BCUT2D eigenvalue weighted by molar-refractivity contribution is -0.121. The maximum absolute atomic E-state index is 11.5. The molecular weight excluding hydrogens is 191 g/mol. The highest BCUT2D eigenvalue weighted by Gasteiger charge is 2.13. The molecule has 0 fully saturated rings. The van der Waals surface area contributed by atoms with Crippen LogP contribution in [0.4, 0.5) is 0 Å². The summed E-state index contributed by atoms with van der Waals surface area (Å²) in [5.41, 5.74) is 1.24. The molecule has 1 aromatic carbocycles. The van der Waals surface area contributed by atoms with E-state index < -0.39 is 7.12 Å². The molecule has 0 heterocycles. The van der Waals surface area contributed by atoms with Gasteiger partial charge in [0.25, 0.3) is 0 Å². The molecule has 1 rings (SSSR count). The van der Waals surface area contributed by atoms with Crippen LogP contribution in [0.25, 0.3) is 0 Å². The number of Topliss-reactive ketones (excluding diaryl/α,β-unsaturated/α-hetero) is 1. The number of ketones is 1. The van der Waals surface area contributed by atoms with Crippen molar-refractivity contribution in [3.63, 3.8) is 0 Å². The van der Waals surface area contributed by atoms with Crippen LogP contribution in [0.2, 0.25) is 0 Å². The summed E-state index contributed by atoms with van der Waals surface area (Å²) >= 11 is 0. The summed E-state index contributed by atoms with van der Waals surface area (Å²) in [5, 5.41) is 17.9. The van der Waals surface area contributed by atoms with Crippen molar-refractivity contribution in [1.29, 1.82) is 0 Å². The average molecular weight is 206 g/mol. The van der Waals surface area contributed by atoms with Crippen LogP contribution in [0.3, 0.4) is 0 Å². The Morgan fingerprint density at radius 3 is 2.60 bits per heavy atom. The standard InChI is InChI=1S/C11H15BO3/c1-8(2)11(13)7-9-4-3-5-10(6-9)12(14)15/h3-6,8,14-15H,7H2,1-2H3. The average Bonchev–Trinajstić information content (AvgIpc) is 2.18. The van der Waals surface area contributed by atoms with Crippen molar-refractivity contribution in [2.75, 3.05) is 0 Å². The highest BCUT2D eigenvalue weighted by Crippen LogP contribution is 2.04. The van der Waals surface area contributed by atoms with Gasteiger partial charge in [-0.15, -0.1) is 0 Å². The Balaban J connectivity index is 2.78. The summed E-state index contributed by atoms with van der Waals surface area (Å²) in [7, 11) is -1.47. The molecule has 0 spiro atoms. The van der Waals surface area contributed by atoms with Crippen LogP contribution in [0.5, 0.6) is 0 Å². The SMILES string of the molecule is CC(C)C(=O)Cc1cccc(B(O)O)c1. The lowest BCUT2D eigenvalue weighted by Gasteiger charge is -2.06. The maximum Gasteiger partial charge on any atom is 0.488 e. The number of benzene rings is 1. The predicted molar refractivity (Wildman–Crippen MR) is 59.8 cm³/mol. The van der Waals surface area contributed by atoms with E-state index in [1.165, 1.54) is 0 Å². The van der Waals surface area contributed by atoms with Crippen LogP contribution in [0.15, 0.2) is 24.3 Å². The van der Waals surface area contributed by atoms with Gasteiger partial charge in [0, 0.05) is 12.3 Å². The topological polar surface area (TPSA) is 57.5 Å². The first-order chi connectivity index (χ1) is 7.00. The minimum atomic E-state index is -1.47. The third kappa shape index (κ3) is 3.49. The van der Waals surface area contributed by atoms with Crippen LogP contribution in [-0.2, 0) is 11.2 Å². The summed E-state index contributed by atoms with van der Waals surface area (Å²) in [6.45, 7) is 3.71. The van der Waals surface area contributed by atoms with Gasteiger partial charge in [0.15, 0.2) is 0 Å². The summed E-state index contributed by atoms with van der Waals surface area (Å²) in [6, 6.07) is 6.79. The molecule has 0 radical (unpaired) electrons. The highest BCUT2D eigenvalue weighted by atomic mass is 16.4. The monoisotopic (exact) mass is 206 g/mol. The van der Waals surface area contributed by atoms with Crippen molar-refractivity contribution >= 4 is 18.4 Å². The third-order valence-electron chi connectivity index (χ3n) is 2.27. The second kappa shape index (κ2) is 5.10. The Bertz CT molecular complexity index is 347. The molecule has 3 nitrogen and oxygen atoms in total. The van der Waals surface area contributed by atoms with Crippen molar-refractivity contribution in [2.24, 2.45) is 5.92 Å². The van der Waals surface area contributed by atoms with Gasteiger partial charge in [-0.1, -0.05) is 38.1 Å². The van der Waals surface area contributed by atoms with Gasteiger partial charge in [-0.25, -0.2) is 0 Å². The van der Waals surface area contributed by atoms with Crippen LogP contribution < -0.4 is 5.46 Å². The molecule has 0 saturated carbocycles. The van der Waals surface area contributed by atoms with E-state index in [9.17, 15) is 4.79 Å². The van der Waals surface area contributed by atoms with Gasteiger partial charge in [0.05, 0.1) is 0 Å². The Labute approximate surface area is 89.9 Å². The molecule has 2 N–H and O–H groups in total. The van der Waals surface area contributed by atoms with E-state index in [1.807, 2.05) is 19.9 Å². The zero-order valence-corrected chi connectivity index (χ0v) is 8.97. The molecule has 15 heavy (non-hydrogen) atoms. The second-order valence-corrected chi connectivity index (χ2v) is 3.92. The molecule has 0 aliphatic rings. The normalized spacial score (nSPS) is 10.5. The van der Waals surface area contributed by atoms with Crippen molar-refractivity contribution < 1.29 is 14.8 Å². The fourth-order valence-corrected chi connectivity index (χ4v) is 1.27. The lowest BCUT2D eigenvalue weighted by Crippen LogP contribution is -2.30. The van der Waals surface area contributed by atoms with Gasteiger partial charge in [-0.05, 0) is 11.0 Å². The van der Waals surface area contributed by atoms with E-state index in [0.717, 1.165) is 5.56 Å². The lowest BCUT2D eigenvalue weighted by atomic mass is 9.79. The van der Waals surface area contributed by atoms with Gasteiger partial charge < -0.3 is 10.0 Å². The number of hydrogen-bond donors (Lipinski definition) is 2. The minimum Gasteiger partial charge on any atom is -0.423 e. The van der Waals surface area contributed by atoms with Crippen molar-refractivity contribution in [3.8, 4) is 0 Å². The molecule has 0 amide bonds. The zero-order chi connectivity index (χ0) is 11.4. The highest BCUT2D eigenvalue weighted by molar-refractivity contribution is 6.58. The van der Waals surface area contributed by atoms with E-state index in [0.29, 0.717) is 11.9 Å². The van der Waals surface area contributed by atoms with E-state index in [4.69, 9.17) is 10.0 Å². The summed E-state index contributed by atoms with van der Waals surface area (Å²) in [4.78, 5) is 11.5. The van der Waals surface area contributed by atoms with Crippen LogP contribution in [-0.4, -0.2) is 22.9 Å². The van der Waals surface area contributed by atoms with Crippen molar-refractivity contribution in [2.45, 2.75) is 20.3 Å². The number of carbonyl (C=O) groups is 1. The molecule has 0 aromatic heterocycles. The predicted octanol–water partition coefficient (Wildman–Crippen LogP) is 0.134. The molecule has 0 aliphatic heterocycles. The summed E-state index contributed by atoms with van der Waals surface area (Å²) < 4.78 is 0. The van der Waals surface area contributed by atoms with Crippen molar-refractivity contribution in [1.82, 2.24) is 0 Å². The molecule has 0 atom stereocenters. The van der Waals surface area contributed by atoms with E-state index in [2.05, 4.69) is 0 Å². The van der Waals surface area contributed by atoms with E-state index in [1.54, 1.807) is 18.2 Å². The molecule has 0 unspecified atom stereocenters. The van der Waals surface area contributed by atoms with Gasteiger partial charge in [-0.3, -0.25) is 4.79 Å².